The Bertz CT molecular complexity index is 723. The van der Waals surface area contributed by atoms with Gasteiger partial charge in [-0.3, -0.25) is 4.79 Å². The number of rotatable bonds is 7. The lowest BCUT2D eigenvalue weighted by Crippen LogP contribution is -2.38. The zero-order chi connectivity index (χ0) is 19.2. The van der Waals surface area contributed by atoms with E-state index in [1.165, 1.54) is 0 Å². The number of para-hydroxylation sites is 1. The Morgan fingerprint density at radius 2 is 1.77 bits per heavy atom. The number of amides is 1. The third-order valence-electron chi connectivity index (χ3n) is 3.85. The van der Waals surface area contributed by atoms with E-state index in [4.69, 9.17) is 21.1 Å². The number of hydrogen-bond acceptors (Lipinski definition) is 3. The van der Waals surface area contributed by atoms with Gasteiger partial charge in [-0.15, -0.1) is 0 Å². The maximum atomic E-state index is 12.1. The summed E-state index contributed by atoms with van der Waals surface area (Å²) in [5.74, 6) is 1.26. The van der Waals surface area contributed by atoms with Crippen molar-refractivity contribution in [3.63, 3.8) is 0 Å². The summed E-state index contributed by atoms with van der Waals surface area (Å²) < 4.78 is 11.5. The smallest absolute Gasteiger partial charge is 0.260 e. The molecule has 0 spiro atoms. The second-order valence-electron chi connectivity index (χ2n) is 7.10. The first-order valence-electron chi connectivity index (χ1n) is 8.69. The lowest BCUT2D eigenvalue weighted by atomic mass is 9.86. The van der Waals surface area contributed by atoms with Gasteiger partial charge in [-0.1, -0.05) is 50.6 Å². The molecule has 140 valence electrons. The van der Waals surface area contributed by atoms with Gasteiger partial charge in [0.1, 0.15) is 18.1 Å². The number of hydrogen-bond donors (Lipinski definition) is 1. The largest absolute Gasteiger partial charge is 0.491 e. The van der Waals surface area contributed by atoms with E-state index in [1.54, 1.807) is 31.2 Å². The van der Waals surface area contributed by atoms with Crippen molar-refractivity contribution in [1.29, 1.82) is 0 Å². The molecule has 0 saturated carbocycles. The molecule has 0 aliphatic heterocycles. The molecule has 1 N–H and O–H groups in total. The average Bonchev–Trinajstić information content (AvgIpc) is 2.60. The first-order valence-corrected chi connectivity index (χ1v) is 9.07. The molecule has 1 atom stereocenters. The number of halogens is 1. The van der Waals surface area contributed by atoms with E-state index < -0.39 is 6.10 Å². The number of carbonyl (C=O) groups is 1. The lowest BCUT2D eigenvalue weighted by molar-refractivity contribution is -0.127. The zero-order valence-corrected chi connectivity index (χ0v) is 16.5. The normalized spacial score (nSPS) is 12.3. The van der Waals surface area contributed by atoms with Gasteiger partial charge in [-0.2, -0.15) is 0 Å². The summed E-state index contributed by atoms with van der Waals surface area (Å²) in [5, 5.41) is 3.45. The fourth-order valence-corrected chi connectivity index (χ4v) is 2.59. The van der Waals surface area contributed by atoms with Crippen LogP contribution in [-0.2, 0) is 10.2 Å². The monoisotopic (exact) mass is 375 g/mol. The zero-order valence-electron chi connectivity index (χ0n) is 15.7. The molecule has 0 fully saturated rings. The molecule has 26 heavy (non-hydrogen) atoms. The molecule has 5 heteroatoms. The quantitative estimate of drug-likeness (QED) is 0.719. The maximum Gasteiger partial charge on any atom is 0.260 e. The van der Waals surface area contributed by atoms with E-state index in [0.717, 1.165) is 11.3 Å². The fourth-order valence-electron chi connectivity index (χ4n) is 2.46. The Morgan fingerprint density at radius 3 is 2.42 bits per heavy atom. The van der Waals surface area contributed by atoms with Gasteiger partial charge in [0.2, 0.25) is 0 Å². The third kappa shape index (κ3) is 5.95. The highest BCUT2D eigenvalue weighted by Gasteiger charge is 2.18. The average molecular weight is 376 g/mol. The molecule has 0 heterocycles. The summed E-state index contributed by atoms with van der Waals surface area (Å²) in [6.45, 7) is 8.95. The molecule has 0 aliphatic carbocycles. The van der Waals surface area contributed by atoms with Crippen LogP contribution in [0.15, 0.2) is 48.5 Å². The molecule has 0 aromatic heterocycles. The minimum absolute atomic E-state index is 0.000769. The molecule has 2 rings (SSSR count). The van der Waals surface area contributed by atoms with Crippen molar-refractivity contribution in [1.82, 2.24) is 5.32 Å². The molecular weight excluding hydrogens is 350 g/mol. The van der Waals surface area contributed by atoms with Crippen LogP contribution in [0.3, 0.4) is 0 Å². The van der Waals surface area contributed by atoms with Crippen LogP contribution in [0.4, 0.5) is 0 Å². The molecule has 2 aromatic rings. The van der Waals surface area contributed by atoms with E-state index >= 15 is 0 Å². The van der Waals surface area contributed by atoms with Crippen molar-refractivity contribution in [3.05, 3.63) is 59.1 Å². The van der Waals surface area contributed by atoms with Crippen LogP contribution >= 0.6 is 11.6 Å². The molecule has 0 unspecified atom stereocenters. The van der Waals surface area contributed by atoms with Crippen LogP contribution in [0.1, 0.15) is 33.3 Å². The summed E-state index contributed by atoms with van der Waals surface area (Å²) >= 11 is 5.84. The third-order valence-corrected chi connectivity index (χ3v) is 4.10. The van der Waals surface area contributed by atoms with Crippen LogP contribution < -0.4 is 14.8 Å². The number of carbonyl (C=O) groups excluding carboxylic acids is 1. The Morgan fingerprint density at radius 1 is 1.12 bits per heavy atom. The molecule has 4 nitrogen and oxygen atoms in total. The minimum atomic E-state index is -0.599. The second-order valence-corrected chi connectivity index (χ2v) is 7.54. The molecular formula is C21H26ClNO3. The summed E-state index contributed by atoms with van der Waals surface area (Å²) in [4.78, 5) is 12.1. The van der Waals surface area contributed by atoms with Crippen LogP contribution in [-0.4, -0.2) is 25.2 Å². The Balaban J connectivity index is 1.79. The van der Waals surface area contributed by atoms with E-state index in [-0.39, 0.29) is 11.3 Å². The van der Waals surface area contributed by atoms with Gasteiger partial charge in [0, 0.05) is 5.02 Å². The SMILES string of the molecule is C[C@@H](Oc1ccc(Cl)cc1)C(=O)NCCOc1ccccc1C(C)(C)C. The Kier molecular flexibility index (Phi) is 6.92. The van der Waals surface area contributed by atoms with Gasteiger partial charge >= 0.3 is 0 Å². The topological polar surface area (TPSA) is 47.6 Å². The standard InChI is InChI=1S/C21H26ClNO3/c1-15(26-17-11-9-16(22)10-12-17)20(24)23-13-14-25-19-8-6-5-7-18(19)21(2,3)4/h5-12,15H,13-14H2,1-4H3,(H,23,24)/t15-/m1/s1. The van der Waals surface area contributed by atoms with Crippen molar-refractivity contribution >= 4 is 17.5 Å². The Hall–Kier alpha value is -2.20. The van der Waals surface area contributed by atoms with E-state index in [1.807, 2.05) is 18.2 Å². The maximum absolute atomic E-state index is 12.1. The molecule has 0 bridgehead atoms. The number of nitrogens with one attached hydrogen (secondary N) is 1. The molecule has 1 amide bonds. The number of benzene rings is 2. The fraction of sp³-hybridized carbons (Fsp3) is 0.381. The highest BCUT2D eigenvalue weighted by atomic mass is 35.5. The Labute approximate surface area is 160 Å². The van der Waals surface area contributed by atoms with Crippen LogP contribution in [0.2, 0.25) is 5.02 Å². The van der Waals surface area contributed by atoms with E-state index in [0.29, 0.717) is 23.9 Å². The van der Waals surface area contributed by atoms with Crippen molar-refractivity contribution in [2.75, 3.05) is 13.2 Å². The van der Waals surface area contributed by atoms with Crippen LogP contribution in [0.5, 0.6) is 11.5 Å². The van der Waals surface area contributed by atoms with Gasteiger partial charge in [0.05, 0.1) is 6.54 Å². The summed E-state index contributed by atoms with van der Waals surface area (Å²) in [7, 11) is 0. The molecule has 0 saturated heterocycles. The van der Waals surface area contributed by atoms with Gasteiger partial charge in [-0.05, 0) is 48.2 Å². The van der Waals surface area contributed by atoms with Crippen LogP contribution in [0, 0.1) is 0 Å². The summed E-state index contributed by atoms with van der Waals surface area (Å²) in [5.41, 5.74) is 1.14. The van der Waals surface area contributed by atoms with Crippen molar-refractivity contribution in [2.24, 2.45) is 0 Å². The molecule has 0 radical (unpaired) electrons. The van der Waals surface area contributed by atoms with Gasteiger partial charge < -0.3 is 14.8 Å². The van der Waals surface area contributed by atoms with Crippen LogP contribution in [0.25, 0.3) is 0 Å². The number of ether oxygens (including phenoxy) is 2. The summed E-state index contributed by atoms with van der Waals surface area (Å²) in [6.07, 6.45) is -0.599. The predicted molar refractivity (Wildman–Crippen MR) is 105 cm³/mol. The van der Waals surface area contributed by atoms with Crippen molar-refractivity contribution in [3.8, 4) is 11.5 Å². The predicted octanol–water partition coefficient (Wildman–Crippen LogP) is 4.60. The van der Waals surface area contributed by atoms with Gasteiger partial charge in [0.15, 0.2) is 6.10 Å². The molecule has 2 aromatic carbocycles. The summed E-state index contributed by atoms with van der Waals surface area (Å²) in [6, 6.07) is 14.9. The van der Waals surface area contributed by atoms with E-state index in [9.17, 15) is 4.79 Å². The first-order chi connectivity index (χ1) is 12.3. The lowest BCUT2D eigenvalue weighted by Gasteiger charge is -2.22. The minimum Gasteiger partial charge on any atom is -0.491 e. The van der Waals surface area contributed by atoms with Gasteiger partial charge in [-0.25, -0.2) is 0 Å². The van der Waals surface area contributed by atoms with Crippen molar-refractivity contribution in [2.45, 2.75) is 39.2 Å². The van der Waals surface area contributed by atoms with E-state index in [2.05, 4.69) is 32.2 Å². The van der Waals surface area contributed by atoms with Crippen molar-refractivity contribution < 1.29 is 14.3 Å². The first kappa shape index (κ1) is 20.1. The molecule has 0 aliphatic rings. The highest BCUT2D eigenvalue weighted by molar-refractivity contribution is 6.30. The van der Waals surface area contributed by atoms with Gasteiger partial charge in [0.25, 0.3) is 5.91 Å². The second kappa shape index (κ2) is 8.95. The highest BCUT2D eigenvalue weighted by Crippen LogP contribution is 2.30.